The quantitative estimate of drug-likeness (QED) is 0.579. The van der Waals surface area contributed by atoms with E-state index in [4.69, 9.17) is 14.2 Å². The van der Waals surface area contributed by atoms with Crippen LogP contribution >= 0.6 is 0 Å². The van der Waals surface area contributed by atoms with Crippen molar-refractivity contribution in [3.05, 3.63) is 0 Å². The van der Waals surface area contributed by atoms with E-state index in [1.807, 2.05) is 11.8 Å². The SMILES string of the molecule is CCNC1COCC1C(=O)N(CCCOC)CCOC. The van der Waals surface area contributed by atoms with Gasteiger partial charge in [0.25, 0.3) is 0 Å². The van der Waals surface area contributed by atoms with Gasteiger partial charge in [-0.3, -0.25) is 4.79 Å². The zero-order chi connectivity index (χ0) is 14.8. The van der Waals surface area contributed by atoms with Gasteiger partial charge in [-0.25, -0.2) is 0 Å². The van der Waals surface area contributed by atoms with E-state index >= 15 is 0 Å². The normalized spacial score (nSPS) is 22.1. The Hall–Kier alpha value is -0.690. The maximum atomic E-state index is 12.6. The molecule has 1 saturated heterocycles. The lowest BCUT2D eigenvalue weighted by molar-refractivity contribution is -0.136. The van der Waals surface area contributed by atoms with Crippen LogP contribution in [-0.4, -0.2) is 77.1 Å². The van der Waals surface area contributed by atoms with Crippen LogP contribution in [0.15, 0.2) is 0 Å². The molecule has 1 N–H and O–H groups in total. The van der Waals surface area contributed by atoms with Crippen LogP contribution in [0.3, 0.4) is 0 Å². The summed E-state index contributed by atoms with van der Waals surface area (Å²) >= 11 is 0. The van der Waals surface area contributed by atoms with Crippen LogP contribution in [0.1, 0.15) is 13.3 Å². The first-order valence-electron chi connectivity index (χ1n) is 7.32. The van der Waals surface area contributed by atoms with Crippen LogP contribution in [0, 0.1) is 5.92 Å². The predicted molar refractivity (Wildman–Crippen MR) is 76.7 cm³/mol. The van der Waals surface area contributed by atoms with Gasteiger partial charge in [-0.1, -0.05) is 6.92 Å². The number of rotatable bonds is 10. The molecule has 0 saturated carbocycles. The Labute approximate surface area is 121 Å². The third-order valence-corrected chi connectivity index (χ3v) is 3.52. The summed E-state index contributed by atoms with van der Waals surface area (Å²) in [5.74, 6) is 0.0657. The minimum absolute atomic E-state index is 0.0886. The minimum Gasteiger partial charge on any atom is -0.385 e. The highest BCUT2D eigenvalue weighted by atomic mass is 16.5. The van der Waals surface area contributed by atoms with Gasteiger partial charge in [0.2, 0.25) is 5.91 Å². The summed E-state index contributed by atoms with van der Waals surface area (Å²) in [4.78, 5) is 14.5. The lowest BCUT2D eigenvalue weighted by Crippen LogP contribution is -2.47. The zero-order valence-corrected chi connectivity index (χ0v) is 12.9. The number of carbonyl (C=O) groups excluding carboxylic acids is 1. The number of nitrogens with one attached hydrogen (secondary N) is 1. The van der Waals surface area contributed by atoms with Crippen LogP contribution in [-0.2, 0) is 19.0 Å². The molecule has 0 aliphatic carbocycles. The van der Waals surface area contributed by atoms with Crippen molar-refractivity contribution in [3.63, 3.8) is 0 Å². The summed E-state index contributed by atoms with van der Waals surface area (Å²) in [7, 11) is 3.32. The molecule has 1 amide bonds. The maximum absolute atomic E-state index is 12.6. The molecule has 0 aromatic rings. The Morgan fingerprint density at radius 2 is 2.00 bits per heavy atom. The van der Waals surface area contributed by atoms with E-state index in [0.717, 1.165) is 13.0 Å². The van der Waals surface area contributed by atoms with Crippen molar-refractivity contribution in [1.82, 2.24) is 10.2 Å². The van der Waals surface area contributed by atoms with Crippen LogP contribution in [0.2, 0.25) is 0 Å². The van der Waals surface area contributed by atoms with E-state index in [-0.39, 0.29) is 17.9 Å². The third kappa shape index (κ3) is 5.36. The first kappa shape index (κ1) is 17.4. The highest BCUT2D eigenvalue weighted by molar-refractivity contribution is 5.80. The number of amides is 1. The molecular weight excluding hydrogens is 260 g/mol. The van der Waals surface area contributed by atoms with E-state index in [1.165, 1.54) is 0 Å². The molecule has 2 unspecified atom stereocenters. The highest BCUT2D eigenvalue weighted by Gasteiger charge is 2.35. The van der Waals surface area contributed by atoms with Crippen LogP contribution in [0.5, 0.6) is 0 Å². The second-order valence-electron chi connectivity index (χ2n) is 4.97. The number of hydrogen-bond donors (Lipinski definition) is 1. The van der Waals surface area contributed by atoms with Gasteiger partial charge < -0.3 is 24.4 Å². The van der Waals surface area contributed by atoms with Crippen molar-refractivity contribution in [1.29, 1.82) is 0 Å². The number of methoxy groups -OCH3 is 2. The van der Waals surface area contributed by atoms with Crippen molar-refractivity contribution >= 4 is 5.91 Å². The van der Waals surface area contributed by atoms with Crippen molar-refractivity contribution in [2.75, 3.05) is 60.3 Å². The van der Waals surface area contributed by atoms with Gasteiger partial charge in [0, 0.05) is 40.0 Å². The number of carbonyl (C=O) groups is 1. The standard InChI is InChI=1S/C14H28N2O4/c1-4-15-13-11-20-10-12(13)14(17)16(7-9-19-3)6-5-8-18-2/h12-13,15H,4-11H2,1-3H3. The van der Waals surface area contributed by atoms with Crippen LogP contribution in [0.25, 0.3) is 0 Å². The Morgan fingerprint density at radius 1 is 1.25 bits per heavy atom. The Kier molecular flexibility index (Phi) is 8.77. The third-order valence-electron chi connectivity index (χ3n) is 3.52. The molecule has 6 heteroatoms. The van der Waals surface area contributed by atoms with E-state index < -0.39 is 0 Å². The number of likely N-dealkylation sites (N-methyl/N-ethyl adjacent to an activating group) is 1. The molecule has 0 spiro atoms. The smallest absolute Gasteiger partial charge is 0.229 e. The molecule has 2 atom stereocenters. The molecule has 6 nitrogen and oxygen atoms in total. The molecule has 1 aliphatic heterocycles. The summed E-state index contributed by atoms with van der Waals surface area (Å²) in [6, 6.07) is 0.125. The Bertz CT molecular complexity index is 276. The fourth-order valence-electron chi connectivity index (χ4n) is 2.43. The zero-order valence-electron chi connectivity index (χ0n) is 12.9. The Balaban J connectivity index is 2.55. The molecule has 0 radical (unpaired) electrons. The van der Waals surface area contributed by atoms with E-state index in [2.05, 4.69) is 5.32 Å². The number of ether oxygens (including phenoxy) is 3. The predicted octanol–water partition coefficient (Wildman–Crippen LogP) is 0.122. The fraction of sp³-hybridized carbons (Fsp3) is 0.929. The van der Waals surface area contributed by atoms with Crippen molar-refractivity contribution in [2.45, 2.75) is 19.4 Å². The first-order chi connectivity index (χ1) is 9.74. The van der Waals surface area contributed by atoms with Crippen LogP contribution in [0.4, 0.5) is 0 Å². The van der Waals surface area contributed by atoms with Crippen molar-refractivity contribution < 1.29 is 19.0 Å². The largest absolute Gasteiger partial charge is 0.385 e. The van der Waals surface area contributed by atoms with E-state index in [9.17, 15) is 4.79 Å². The Morgan fingerprint density at radius 3 is 2.65 bits per heavy atom. The molecule has 0 aromatic heterocycles. The van der Waals surface area contributed by atoms with Gasteiger partial charge in [-0.05, 0) is 13.0 Å². The van der Waals surface area contributed by atoms with E-state index in [0.29, 0.717) is 39.5 Å². The number of hydrogen-bond acceptors (Lipinski definition) is 5. The van der Waals surface area contributed by atoms with Gasteiger partial charge in [0.1, 0.15) is 0 Å². The molecule has 0 aromatic carbocycles. The van der Waals surface area contributed by atoms with Gasteiger partial charge >= 0.3 is 0 Å². The number of nitrogens with zero attached hydrogens (tertiary/aromatic N) is 1. The molecule has 1 fully saturated rings. The summed E-state index contributed by atoms with van der Waals surface area (Å²) in [6.45, 7) is 6.54. The van der Waals surface area contributed by atoms with Gasteiger partial charge in [-0.15, -0.1) is 0 Å². The van der Waals surface area contributed by atoms with Crippen molar-refractivity contribution in [2.24, 2.45) is 5.92 Å². The molecule has 1 heterocycles. The highest BCUT2D eigenvalue weighted by Crippen LogP contribution is 2.17. The lowest BCUT2D eigenvalue weighted by Gasteiger charge is -2.27. The monoisotopic (exact) mass is 288 g/mol. The average Bonchev–Trinajstić information content (AvgIpc) is 2.90. The minimum atomic E-state index is -0.0886. The second kappa shape index (κ2) is 10.1. The topological polar surface area (TPSA) is 60.0 Å². The van der Waals surface area contributed by atoms with Gasteiger partial charge in [0.05, 0.1) is 25.7 Å². The second-order valence-corrected chi connectivity index (χ2v) is 4.97. The molecule has 118 valence electrons. The van der Waals surface area contributed by atoms with E-state index in [1.54, 1.807) is 14.2 Å². The summed E-state index contributed by atoms with van der Waals surface area (Å²) in [5, 5.41) is 3.33. The molecule has 0 bridgehead atoms. The molecule has 1 aliphatic rings. The lowest BCUT2D eigenvalue weighted by atomic mass is 10.0. The summed E-state index contributed by atoms with van der Waals surface area (Å²) in [5.41, 5.74) is 0. The van der Waals surface area contributed by atoms with Gasteiger partial charge in [-0.2, -0.15) is 0 Å². The fourth-order valence-corrected chi connectivity index (χ4v) is 2.43. The molecule has 1 rings (SSSR count). The molecular formula is C14H28N2O4. The summed E-state index contributed by atoms with van der Waals surface area (Å²) in [6.07, 6.45) is 0.839. The van der Waals surface area contributed by atoms with Crippen molar-refractivity contribution in [3.8, 4) is 0 Å². The first-order valence-corrected chi connectivity index (χ1v) is 7.32. The van der Waals surface area contributed by atoms with Crippen LogP contribution < -0.4 is 5.32 Å². The maximum Gasteiger partial charge on any atom is 0.229 e. The summed E-state index contributed by atoms with van der Waals surface area (Å²) < 4.78 is 15.6. The van der Waals surface area contributed by atoms with Gasteiger partial charge in [0.15, 0.2) is 0 Å². The average molecular weight is 288 g/mol. The molecule has 20 heavy (non-hydrogen) atoms.